The standard InChI is InChI=1S/C10H16.C2H6/c1-8-6-9-4-2-3-5-10(9)7-8;1-2/h2,4,8-10H,3,5-7H2,1H3;1-2H3. The topological polar surface area (TPSA) is 0 Å². The molecule has 3 unspecified atom stereocenters. The fraction of sp³-hybridized carbons (Fsp3) is 0.833. The van der Waals surface area contributed by atoms with Gasteiger partial charge in [-0.15, -0.1) is 0 Å². The van der Waals surface area contributed by atoms with Gasteiger partial charge in [-0.3, -0.25) is 0 Å². The summed E-state index contributed by atoms with van der Waals surface area (Å²) in [6.07, 6.45) is 10.6. The number of hydrogen-bond donors (Lipinski definition) is 0. The molecule has 2 rings (SSSR count). The van der Waals surface area contributed by atoms with E-state index < -0.39 is 0 Å². The van der Waals surface area contributed by atoms with Gasteiger partial charge in [-0.05, 0) is 43.4 Å². The molecule has 70 valence electrons. The van der Waals surface area contributed by atoms with Gasteiger partial charge >= 0.3 is 0 Å². The molecule has 0 heterocycles. The molecule has 0 spiro atoms. The van der Waals surface area contributed by atoms with Crippen molar-refractivity contribution in [3.05, 3.63) is 12.2 Å². The Morgan fingerprint density at radius 3 is 2.58 bits per heavy atom. The third-order valence-corrected chi connectivity index (χ3v) is 3.07. The SMILES string of the molecule is CC.CC1CC2C=CCCC2C1. The lowest BCUT2D eigenvalue weighted by Crippen LogP contribution is -2.07. The molecule has 1 fully saturated rings. The largest absolute Gasteiger partial charge is 0.0882 e. The normalized spacial score (nSPS) is 38.4. The summed E-state index contributed by atoms with van der Waals surface area (Å²) >= 11 is 0. The van der Waals surface area contributed by atoms with Gasteiger partial charge in [0.05, 0.1) is 0 Å². The Bertz CT molecular complexity index is 146. The quantitative estimate of drug-likeness (QED) is 0.477. The highest BCUT2D eigenvalue weighted by atomic mass is 14.4. The van der Waals surface area contributed by atoms with E-state index in [-0.39, 0.29) is 0 Å². The Hall–Kier alpha value is -0.260. The minimum Gasteiger partial charge on any atom is -0.0882 e. The van der Waals surface area contributed by atoms with E-state index in [2.05, 4.69) is 19.1 Å². The molecule has 0 N–H and O–H groups in total. The van der Waals surface area contributed by atoms with E-state index in [4.69, 9.17) is 0 Å². The average Bonchev–Trinajstić information content (AvgIpc) is 2.48. The molecule has 0 aromatic rings. The van der Waals surface area contributed by atoms with Crippen molar-refractivity contribution in [1.29, 1.82) is 0 Å². The maximum Gasteiger partial charge on any atom is -0.0202 e. The molecule has 0 radical (unpaired) electrons. The van der Waals surface area contributed by atoms with Crippen molar-refractivity contribution in [2.24, 2.45) is 17.8 Å². The second-order valence-electron chi connectivity index (χ2n) is 4.01. The van der Waals surface area contributed by atoms with Crippen LogP contribution < -0.4 is 0 Å². The van der Waals surface area contributed by atoms with Crippen LogP contribution in [0.1, 0.15) is 46.5 Å². The predicted octanol–water partition coefficient (Wildman–Crippen LogP) is 4.02. The molecule has 12 heavy (non-hydrogen) atoms. The van der Waals surface area contributed by atoms with Crippen molar-refractivity contribution in [2.75, 3.05) is 0 Å². The first-order valence-corrected chi connectivity index (χ1v) is 5.53. The maximum absolute atomic E-state index is 2.46. The molecule has 0 heteroatoms. The van der Waals surface area contributed by atoms with E-state index in [1.165, 1.54) is 25.7 Å². The number of fused-ring (bicyclic) bond motifs is 1. The summed E-state index contributed by atoms with van der Waals surface area (Å²) < 4.78 is 0. The number of rotatable bonds is 0. The zero-order valence-electron chi connectivity index (χ0n) is 8.72. The smallest absolute Gasteiger partial charge is 0.0202 e. The zero-order chi connectivity index (χ0) is 8.97. The molecule has 0 aromatic heterocycles. The monoisotopic (exact) mass is 166 g/mol. The van der Waals surface area contributed by atoms with Crippen molar-refractivity contribution in [3.63, 3.8) is 0 Å². The van der Waals surface area contributed by atoms with E-state index >= 15 is 0 Å². The van der Waals surface area contributed by atoms with Gasteiger partial charge in [0.2, 0.25) is 0 Å². The summed E-state index contributed by atoms with van der Waals surface area (Å²) in [6.45, 7) is 6.40. The Kier molecular flexibility index (Phi) is 3.84. The summed E-state index contributed by atoms with van der Waals surface area (Å²) in [6, 6.07) is 0. The van der Waals surface area contributed by atoms with E-state index in [1.807, 2.05) is 13.8 Å². The van der Waals surface area contributed by atoms with Crippen LogP contribution in [0.25, 0.3) is 0 Å². The zero-order valence-corrected chi connectivity index (χ0v) is 8.72. The lowest BCUT2D eigenvalue weighted by Gasteiger charge is -2.18. The minimum absolute atomic E-state index is 0.962. The van der Waals surface area contributed by atoms with Gasteiger partial charge in [0.1, 0.15) is 0 Å². The van der Waals surface area contributed by atoms with Crippen molar-refractivity contribution in [3.8, 4) is 0 Å². The van der Waals surface area contributed by atoms with Crippen LogP contribution in [0.3, 0.4) is 0 Å². The van der Waals surface area contributed by atoms with Gasteiger partial charge in [-0.25, -0.2) is 0 Å². The highest BCUT2D eigenvalue weighted by molar-refractivity contribution is 5.00. The Balaban J connectivity index is 0.000000336. The first-order chi connectivity index (χ1) is 5.86. The van der Waals surface area contributed by atoms with Crippen molar-refractivity contribution in [1.82, 2.24) is 0 Å². The van der Waals surface area contributed by atoms with Crippen LogP contribution in [0.2, 0.25) is 0 Å². The molecule has 2 aliphatic rings. The summed E-state index contributed by atoms with van der Waals surface area (Å²) in [5, 5.41) is 0. The highest BCUT2D eigenvalue weighted by Gasteiger charge is 2.30. The second kappa shape index (κ2) is 4.69. The lowest BCUT2D eigenvalue weighted by atomic mass is 9.87. The molecular weight excluding hydrogens is 144 g/mol. The van der Waals surface area contributed by atoms with Crippen molar-refractivity contribution in [2.45, 2.75) is 46.5 Å². The van der Waals surface area contributed by atoms with Crippen LogP contribution in [0.15, 0.2) is 12.2 Å². The van der Waals surface area contributed by atoms with Crippen LogP contribution in [0.5, 0.6) is 0 Å². The molecule has 1 saturated carbocycles. The van der Waals surface area contributed by atoms with Gasteiger partial charge in [0, 0.05) is 0 Å². The van der Waals surface area contributed by atoms with Crippen LogP contribution in [0.4, 0.5) is 0 Å². The second-order valence-corrected chi connectivity index (χ2v) is 4.01. The first kappa shape index (κ1) is 9.83. The van der Waals surface area contributed by atoms with Crippen molar-refractivity contribution < 1.29 is 0 Å². The summed E-state index contributed by atoms with van der Waals surface area (Å²) in [5.74, 6) is 3.02. The molecule has 0 nitrogen and oxygen atoms in total. The Morgan fingerprint density at radius 1 is 1.17 bits per heavy atom. The maximum atomic E-state index is 2.46. The van der Waals surface area contributed by atoms with Gasteiger partial charge in [0.15, 0.2) is 0 Å². The van der Waals surface area contributed by atoms with Crippen LogP contribution >= 0.6 is 0 Å². The molecular formula is C12H22. The molecule has 0 saturated heterocycles. The van der Waals surface area contributed by atoms with Crippen molar-refractivity contribution >= 4 is 0 Å². The molecule has 0 bridgehead atoms. The van der Waals surface area contributed by atoms with Gasteiger partial charge < -0.3 is 0 Å². The van der Waals surface area contributed by atoms with Gasteiger partial charge in [-0.1, -0.05) is 32.9 Å². The number of allylic oxidation sites excluding steroid dienone is 2. The van der Waals surface area contributed by atoms with Crippen LogP contribution in [-0.2, 0) is 0 Å². The lowest BCUT2D eigenvalue weighted by molar-refractivity contribution is 0.409. The summed E-state index contributed by atoms with van der Waals surface area (Å²) in [4.78, 5) is 0. The van der Waals surface area contributed by atoms with Gasteiger partial charge in [0.25, 0.3) is 0 Å². The first-order valence-electron chi connectivity index (χ1n) is 5.53. The van der Waals surface area contributed by atoms with E-state index in [9.17, 15) is 0 Å². The molecule has 0 aliphatic heterocycles. The molecule has 0 aromatic carbocycles. The van der Waals surface area contributed by atoms with E-state index in [0.29, 0.717) is 0 Å². The predicted molar refractivity (Wildman–Crippen MR) is 55.1 cm³/mol. The van der Waals surface area contributed by atoms with E-state index in [1.54, 1.807) is 0 Å². The van der Waals surface area contributed by atoms with Crippen LogP contribution in [-0.4, -0.2) is 0 Å². The molecule has 2 aliphatic carbocycles. The van der Waals surface area contributed by atoms with Gasteiger partial charge in [-0.2, -0.15) is 0 Å². The third kappa shape index (κ3) is 2.12. The summed E-state index contributed by atoms with van der Waals surface area (Å²) in [7, 11) is 0. The summed E-state index contributed by atoms with van der Waals surface area (Å²) in [5.41, 5.74) is 0. The third-order valence-electron chi connectivity index (χ3n) is 3.07. The van der Waals surface area contributed by atoms with Crippen LogP contribution in [0, 0.1) is 17.8 Å². The Morgan fingerprint density at radius 2 is 1.92 bits per heavy atom. The average molecular weight is 166 g/mol. The number of hydrogen-bond acceptors (Lipinski definition) is 0. The van der Waals surface area contributed by atoms with E-state index in [0.717, 1.165) is 17.8 Å². The fourth-order valence-corrected chi connectivity index (χ4v) is 2.59. The molecule has 3 atom stereocenters. The Labute approximate surface area is 77.1 Å². The fourth-order valence-electron chi connectivity index (χ4n) is 2.59. The highest BCUT2D eigenvalue weighted by Crippen LogP contribution is 2.41. The molecule has 0 amide bonds. The minimum atomic E-state index is 0.962.